The lowest BCUT2D eigenvalue weighted by Crippen LogP contribution is -2.27. The molecule has 0 aliphatic heterocycles. The van der Waals surface area contributed by atoms with Crippen LogP contribution >= 0.6 is 0 Å². The Morgan fingerprint density at radius 2 is 2.08 bits per heavy atom. The highest BCUT2D eigenvalue weighted by molar-refractivity contribution is 5.76. The summed E-state index contributed by atoms with van der Waals surface area (Å²) < 4.78 is 10.7. The Morgan fingerprint density at radius 1 is 1.29 bits per heavy atom. The van der Waals surface area contributed by atoms with Crippen molar-refractivity contribution < 1.29 is 13.7 Å². The second kappa shape index (κ2) is 7.08. The highest BCUT2D eigenvalue weighted by atomic mass is 16.5. The highest BCUT2D eigenvalue weighted by Gasteiger charge is 2.16. The minimum Gasteiger partial charge on any atom is -0.441 e. The van der Waals surface area contributed by atoms with Crippen molar-refractivity contribution in [1.29, 1.82) is 0 Å². The van der Waals surface area contributed by atoms with Gasteiger partial charge in [0.15, 0.2) is 17.5 Å². The molecule has 1 N–H and O–H groups in total. The third-order valence-corrected chi connectivity index (χ3v) is 3.47. The van der Waals surface area contributed by atoms with E-state index < -0.39 is 0 Å². The van der Waals surface area contributed by atoms with Crippen molar-refractivity contribution in [3.8, 4) is 11.3 Å². The molecular formula is C17H18N4O3. The summed E-state index contributed by atoms with van der Waals surface area (Å²) in [4.78, 5) is 20.3. The Bertz CT molecular complexity index is 810. The van der Waals surface area contributed by atoms with Crippen LogP contribution in [0.25, 0.3) is 11.3 Å². The van der Waals surface area contributed by atoms with Crippen LogP contribution in [-0.4, -0.2) is 21.0 Å². The van der Waals surface area contributed by atoms with E-state index in [0.29, 0.717) is 29.8 Å². The number of rotatable bonds is 6. The molecule has 0 aliphatic rings. The minimum atomic E-state index is -0.330. The van der Waals surface area contributed by atoms with Gasteiger partial charge in [0.2, 0.25) is 11.8 Å². The van der Waals surface area contributed by atoms with Gasteiger partial charge >= 0.3 is 0 Å². The van der Waals surface area contributed by atoms with Crippen LogP contribution in [0.2, 0.25) is 0 Å². The van der Waals surface area contributed by atoms with Crippen molar-refractivity contribution in [3.63, 3.8) is 0 Å². The third-order valence-electron chi connectivity index (χ3n) is 3.47. The molecule has 2 heterocycles. The molecule has 0 fully saturated rings. The number of oxazole rings is 1. The number of aryl methyl sites for hydroxylation is 2. The van der Waals surface area contributed by atoms with E-state index in [1.54, 1.807) is 20.0 Å². The summed E-state index contributed by atoms with van der Waals surface area (Å²) >= 11 is 0. The molecule has 1 unspecified atom stereocenters. The zero-order valence-electron chi connectivity index (χ0n) is 13.5. The first-order chi connectivity index (χ1) is 11.6. The molecule has 0 saturated heterocycles. The first-order valence-corrected chi connectivity index (χ1v) is 7.71. The van der Waals surface area contributed by atoms with Crippen molar-refractivity contribution in [2.45, 2.75) is 32.7 Å². The van der Waals surface area contributed by atoms with Gasteiger partial charge in [-0.25, -0.2) is 4.98 Å². The molecule has 3 aromatic rings. The quantitative estimate of drug-likeness (QED) is 0.748. The summed E-state index contributed by atoms with van der Waals surface area (Å²) in [7, 11) is 0. The number of carbonyl (C=O) groups is 1. The zero-order chi connectivity index (χ0) is 16.9. The lowest BCUT2D eigenvalue weighted by molar-refractivity contribution is -0.121. The SMILES string of the molecule is Cc1noc(C(C)NC(=O)CCc2ncc(-c3ccccc3)o2)n1. The van der Waals surface area contributed by atoms with E-state index in [4.69, 9.17) is 8.94 Å². The van der Waals surface area contributed by atoms with Crippen molar-refractivity contribution in [2.75, 3.05) is 0 Å². The van der Waals surface area contributed by atoms with Crippen LogP contribution in [-0.2, 0) is 11.2 Å². The third kappa shape index (κ3) is 3.87. The van der Waals surface area contributed by atoms with Gasteiger partial charge in [-0.05, 0) is 13.8 Å². The van der Waals surface area contributed by atoms with E-state index >= 15 is 0 Å². The fourth-order valence-corrected chi connectivity index (χ4v) is 2.25. The molecule has 2 aromatic heterocycles. The van der Waals surface area contributed by atoms with Crippen LogP contribution in [0.15, 0.2) is 45.5 Å². The minimum absolute atomic E-state index is 0.127. The number of hydrogen-bond acceptors (Lipinski definition) is 6. The van der Waals surface area contributed by atoms with E-state index in [1.165, 1.54) is 0 Å². The fraction of sp³-hybridized carbons (Fsp3) is 0.294. The Hall–Kier alpha value is -2.96. The van der Waals surface area contributed by atoms with Gasteiger partial charge < -0.3 is 14.3 Å². The van der Waals surface area contributed by atoms with Crippen LogP contribution in [0.1, 0.15) is 37.0 Å². The number of nitrogens with zero attached hydrogens (tertiary/aromatic N) is 3. The molecule has 0 aliphatic carbocycles. The maximum atomic E-state index is 12.0. The Labute approximate surface area is 139 Å². The van der Waals surface area contributed by atoms with E-state index in [9.17, 15) is 4.79 Å². The fourth-order valence-electron chi connectivity index (χ4n) is 2.25. The molecule has 0 radical (unpaired) electrons. The number of amides is 1. The van der Waals surface area contributed by atoms with Gasteiger partial charge in [-0.3, -0.25) is 4.79 Å². The monoisotopic (exact) mass is 326 g/mol. The Balaban J connectivity index is 1.52. The molecule has 1 amide bonds. The van der Waals surface area contributed by atoms with Crippen molar-refractivity contribution in [1.82, 2.24) is 20.4 Å². The Kier molecular flexibility index (Phi) is 4.69. The van der Waals surface area contributed by atoms with E-state index in [1.807, 2.05) is 30.3 Å². The largest absolute Gasteiger partial charge is 0.441 e. The van der Waals surface area contributed by atoms with Crippen molar-refractivity contribution in [3.05, 3.63) is 54.1 Å². The topological polar surface area (TPSA) is 94.1 Å². The molecule has 3 rings (SSSR count). The van der Waals surface area contributed by atoms with Crippen LogP contribution in [0, 0.1) is 6.92 Å². The predicted molar refractivity (Wildman–Crippen MR) is 85.9 cm³/mol. The summed E-state index contributed by atoms with van der Waals surface area (Å²) in [6.45, 7) is 3.53. The number of benzene rings is 1. The molecule has 0 bridgehead atoms. The number of carbonyl (C=O) groups excluding carboxylic acids is 1. The lowest BCUT2D eigenvalue weighted by atomic mass is 10.2. The van der Waals surface area contributed by atoms with Gasteiger partial charge in [0.1, 0.15) is 6.04 Å². The first-order valence-electron chi connectivity index (χ1n) is 7.71. The summed E-state index contributed by atoms with van der Waals surface area (Å²) in [5.74, 6) is 2.03. The maximum Gasteiger partial charge on any atom is 0.248 e. The van der Waals surface area contributed by atoms with Crippen LogP contribution < -0.4 is 5.32 Å². The molecule has 1 atom stereocenters. The first kappa shape index (κ1) is 15.9. The zero-order valence-corrected chi connectivity index (χ0v) is 13.5. The van der Waals surface area contributed by atoms with Crippen LogP contribution in [0.5, 0.6) is 0 Å². The molecule has 24 heavy (non-hydrogen) atoms. The van der Waals surface area contributed by atoms with E-state index in [0.717, 1.165) is 5.56 Å². The second-order valence-corrected chi connectivity index (χ2v) is 5.45. The average Bonchev–Trinajstić information content (AvgIpc) is 3.23. The number of aromatic nitrogens is 3. The van der Waals surface area contributed by atoms with Gasteiger partial charge in [0, 0.05) is 18.4 Å². The normalized spacial score (nSPS) is 12.1. The summed E-state index contributed by atoms with van der Waals surface area (Å²) in [5, 5.41) is 6.52. The lowest BCUT2D eigenvalue weighted by Gasteiger charge is -2.08. The molecule has 124 valence electrons. The van der Waals surface area contributed by atoms with Crippen LogP contribution in [0.3, 0.4) is 0 Å². The summed E-state index contributed by atoms with van der Waals surface area (Å²) in [6.07, 6.45) is 2.37. The molecule has 1 aromatic carbocycles. The van der Waals surface area contributed by atoms with Gasteiger partial charge in [0.05, 0.1) is 6.20 Å². The van der Waals surface area contributed by atoms with Gasteiger partial charge in [-0.2, -0.15) is 4.98 Å². The van der Waals surface area contributed by atoms with Crippen LogP contribution in [0.4, 0.5) is 0 Å². The average molecular weight is 326 g/mol. The summed E-state index contributed by atoms with van der Waals surface area (Å²) in [6, 6.07) is 9.38. The van der Waals surface area contributed by atoms with Gasteiger partial charge in [-0.15, -0.1) is 0 Å². The predicted octanol–water partition coefficient (Wildman–Crippen LogP) is 2.84. The van der Waals surface area contributed by atoms with Crippen molar-refractivity contribution in [2.24, 2.45) is 0 Å². The summed E-state index contributed by atoms with van der Waals surface area (Å²) in [5.41, 5.74) is 0.959. The molecule has 7 heteroatoms. The number of hydrogen-bond donors (Lipinski definition) is 1. The van der Waals surface area contributed by atoms with E-state index in [-0.39, 0.29) is 18.4 Å². The Morgan fingerprint density at radius 3 is 2.79 bits per heavy atom. The van der Waals surface area contributed by atoms with Crippen molar-refractivity contribution >= 4 is 5.91 Å². The molecule has 0 saturated carbocycles. The standard InChI is InChI=1S/C17H18N4O3/c1-11(17-20-12(2)21-24-17)19-15(22)8-9-16-18-10-14(23-16)13-6-4-3-5-7-13/h3-7,10-11H,8-9H2,1-2H3,(H,19,22). The smallest absolute Gasteiger partial charge is 0.248 e. The second-order valence-electron chi connectivity index (χ2n) is 5.45. The molecule has 7 nitrogen and oxygen atoms in total. The number of nitrogens with one attached hydrogen (secondary N) is 1. The van der Waals surface area contributed by atoms with Gasteiger partial charge in [-0.1, -0.05) is 35.5 Å². The van der Waals surface area contributed by atoms with E-state index in [2.05, 4.69) is 20.4 Å². The molecule has 0 spiro atoms. The van der Waals surface area contributed by atoms with Gasteiger partial charge in [0.25, 0.3) is 0 Å². The molecular weight excluding hydrogens is 308 g/mol. The maximum absolute atomic E-state index is 12.0. The highest BCUT2D eigenvalue weighted by Crippen LogP contribution is 2.20.